The first kappa shape index (κ1) is 19.7. The Morgan fingerprint density at radius 2 is 2.00 bits per heavy atom. The predicted molar refractivity (Wildman–Crippen MR) is 106 cm³/mol. The van der Waals surface area contributed by atoms with Gasteiger partial charge in [-0.2, -0.15) is 0 Å². The van der Waals surface area contributed by atoms with Crippen LogP contribution in [0.3, 0.4) is 0 Å². The SMILES string of the molecule is CCNC(=NCc1cccc(N(C)C)n1)NCCc1ccc(F)cc1C. The van der Waals surface area contributed by atoms with Crippen molar-refractivity contribution in [3.8, 4) is 0 Å². The summed E-state index contributed by atoms with van der Waals surface area (Å²) in [5, 5.41) is 6.57. The molecule has 0 saturated heterocycles. The molecule has 140 valence electrons. The highest BCUT2D eigenvalue weighted by atomic mass is 19.1. The minimum Gasteiger partial charge on any atom is -0.363 e. The molecule has 0 saturated carbocycles. The molecule has 0 aliphatic rings. The Labute approximate surface area is 155 Å². The lowest BCUT2D eigenvalue weighted by Crippen LogP contribution is -2.38. The Morgan fingerprint density at radius 3 is 2.69 bits per heavy atom. The normalized spacial score (nSPS) is 11.3. The highest BCUT2D eigenvalue weighted by Crippen LogP contribution is 2.10. The molecule has 0 aliphatic heterocycles. The van der Waals surface area contributed by atoms with Crippen molar-refractivity contribution in [3.05, 3.63) is 59.0 Å². The highest BCUT2D eigenvalue weighted by molar-refractivity contribution is 5.79. The van der Waals surface area contributed by atoms with Crippen LogP contribution in [0.4, 0.5) is 10.2 Å². The topological polar surface area (TPSA) is 52.6 Å². The molecule has 0 bridgehead atoms. The van der Waals surface area contributed by atoms with E-state index in [0.717, 1.165) is 48.1 Å². The number of hydrogen-bond acceptors (Lipinski definition) is 3. The largest absolute Gasteiger partial charge is 0.363 e. The van der Waals surface area contributed by atoms with Gasteiger partial charge < -0.3 is 15.5 Å². The Kier molecular flexibility index (Phi) is 7.38. The maximum atomic E-state index is 13.2. The number of halogens is 1. The van der Waals surface area contributed by atoms with E-state index >= 15 is 0 Å². The van der Waals surface area contributed by atoms with Gasteiger partial charge in [0.1, 0.15) is 11.6 Å². The smallest absolute Gasteiger partial charge is 0.191 e. The molecule has 5 nitrogen and oxygen atoms in total. The van der Waals surface area contributed by atoms with Crippen LogP contribution in [0.2, 0.25) is 0 Å². The molecule has 0 aliphatic carbocycles. The first-order chi connectivity index (χ1) is 12.5. The standard InChI is InChI=1S/C20H28FN5/c1-5-22-20(23-12-11-16-9-10-17(21)13-15(16)2)24-14-18-7-6-8-19(25-18)26(3)4/h6-10,13H,5,11-12,14H2,1-4H3,(H2,22,23,24). The summed E-state index contributed by atoms with van der Waals surface area (Å²) in [6.07, 6.45) is 0.810. The van der Waals surface area contributed by atoms with Crippen LogP contribution in [0.5, 0.6) is 0 Å². The molecule has 1 aromatic heterocycles. The van der Waals surface area contributed by atoms with Crippen LogP contribution in [-0.4, -0.2) is 38.1 Å². The molecular weight excluding hydrogens is 329 g/mol. The van der Waals surface area contributed by atoms with Gasteiger partial charge in [-0.05, 0) is 55.7 Å². The van der Waals surface area contributed by atoms with Crippen LogP contribution >= 0.6 is 0 Å². The van der Waals surface area contributed by atoms with Gasteiger partial charge in [0.25, 0.3) is 0 Å². The monoisotopic (exact) mass is 357 g/mol. The number of aromatic nitrogens is 1. The van der Waals surface area contributed by atoms with Crippen LogP contribution in [-0.2, 0) is 13.0 Å². The molecule has 6 heteroatoms. The van der Waals surface area contributed by atoms with Crippen LogP contribution in [0.15, 0.2) is 41.4 Å². The van der Waals surface area contributed by atoms with E-state index in [4.69, 9.17) is 0 Å². The van der Waals surface area contributed by atoms with Gasteiger partial charge >= 0.3 is 0 Å². The Bertz CT molecular complexity index is 743. The van der Waals surface area contributed by atoms with Gasteiger partial charge in [0.05, 0.1) is 12.2 Å². The van der Waals surface area contributed by atoms with E-state index in [9.17, 15) is 4.39 Å². The zero-order chi connectivity index (χ0) is 18.9. The first-order valence-electron chi connectivity index (χ1n) is 8.90. The summed E-state index contributed by atoms with van der Waals surface area (Å²) in [6, 6.07) is 10.9. The average molecular weight is 357 g/mol. The van der Waals surface area contributed by atoms with Crippen molar-refractivity contribution in [2.75, 3.05) is 32.1 Å². The van der Waals surface area contributed by atoms with Gasteiger partial charge in [0, 0.05) is 27.2 Å². The third-order valence-corrected chi connectivity index (χ3v) is 3.99. The second kappa shape index (κ2) is 9.75. The molecule has 1 heterocycles. The zero-order valence-corrected chi connectivity index (χ0v) is 16.0. The average Bonchev–Trinajstić information content (AvgIpc) is 2.61. The van der Waals surface area contributed by atoms with Crippen molar-refractivity contribution < 1.29 is 4.39 Å². The summed E-state index contributed by atoms with van der Waals surface area (Å²) in [5.74, 6) is 1.48. The summed E-state index contributed by atoms with van der Waals surface area (Å²) in [6.45, 7) is 5.98. The van der Waals surface area contributed by atoms with Crippen LogP contribution in [0, 0.1) is 12.7 Å². The fraction of sp³-hybridized carbons (Fsp3) is 0.400. The van der Waals surface area contributed by atoms with Crippen LogP contribution in [0.25, 0.3) is 0 Å². The van der Waals surface area contributed by atoms with Crippen LogP contribution < -0.4 is 15.5 Å². The molecule has 2 aromatic rings. The molecule has 0 amide bonds. The van der Waals surface area contributed by atoms with Crippen molar-refractivity contribution in [3.63, 3.8) is 0 Å². The number of hydrogen-bond donors (Lipinski definition) is 2. The third-order valence-electron chi connectivity index (χ3n) is 3.99. The van der Waals surface area contributed by atoms with E-state index in [2.05, 4.69) is 20.6 Å². The summed E-state index contributed by atoms with van der Waals surface area (Å²) in [5.41, 5.74) is 3.02. The van der Waals surface area contributed by atoms with Gasteiger partial charge in [0.15, 0.2) is 5.96 Å². The van der Waals surface area contributed by atoms with Crippen molar-refractivity contribution in [1.29, 1.82) is 0 Å². The van der Waals surface area contributed by atoms with Gasteiger partial charge in [0.2, 0.25) is 0 Å². The maximum Gasteiger partial charge on any atom is 0.191 e. The van der Waals surface area contributed by atoms with Gasteiger partial charge in [-0.15, -0.1) is 0 Å². The molecule has 2 rings (SSSR count). The number of anilines is 1. The summed E-state index contributed by atoms with van der Waals surface area (Å²) in [7, 11) is 3.94. The number of nitrogens with zero attached hydrogens (tertiary/aromatic N) is 3. The van der Waals surface area contributed by atoms with Crippen molar-refractivity contribution in [2.45, 2.75) is 26.8 Å². The summed E-state index contributed by atoms with van der Waals surface area (Å²) in [4.78, 5) is 11.2. The fourth-order valence-electron chi connectivity index (χ4n) is 2.56. The molecule has 0 fully saturated rings. The van der Waals surface area contributed by atoms with Gasteiger partial charge in [-0.3, -0.25) is 0 Å². The molecule has 2 N–H and O–H groups in total. The number of guanidine groups is 1. The van der Waals surface area contributed by atoms with E-state index in [1.165, 1.54) is 6.07 Å². The maximum absolute atomic E-state index is 13.2. The lowest BCUT2D eigenvalue weighted by molar-refractivity contribution is 0.625. The lowest BCUT2D eigenvalue weighted by atomic mass is 10.1. The molecule has 0 atom stereocenters. The van der Waals surface area contributed by atoms with Gasteiger partial charge in [-0.25, -0.2) is 14.4 Å². The number of nitrogens with one attached hydrogen (secondary N) is 2. The van der Waals surface area contributed by atoms with E-state index in [1.807, 2.05) is 57.1 Å². The zero-order valence-electron chi connectivity index (χ0n) is 16.0. The second-order valence-corrected chi connectivity index (χ2v) is 6.32. The predicted octanol–water partition coefficient (Wildman–Crippen LogP) is 2.89. The van der Waals surface area contributed by atoms with Gasteiger partial charge in [-0.1, -0.05) is 12.1 Å². The summed E-state index contributed by atoms with van der Waals surface area (Å²) >= 11 is 0. The molecule has 1 aromatic carbocycles. The molecular formula is C20H28FN5. The molecule has 0 unspecified atom stereocenters. The van der Waals surface area contributed by atoms with E-state index in [1.54, 1.807) is 6.07 Å². The Hall–Kier alpha value is -2.63. The first-order valence-corrected chi connectivity index (χ1v) is 8.90. The summed E-state index contributed by atoms with van der Waals surface area (Å²) < 4.78 is 13.2. The number of rotatable bonds is 7. The second-order valence-electron chi connectivity index (χ2n) is 6.32. The van der Waals surface area contributed by atoms with Crippen molar-refractivity contribution >= 4 is 11.8 Å². The fourth-order valence-corrected chi connectivity index (χ4v) is 2.56. The quantitative estimate of drug-likeness (QED) is 0.591. The van der Waals surface area contributed by atoms with E-state index in [-0.39, 0.29) is 5.82 Å². The molecule has 0 radical (unpaired) electrons. The Morgan fingerprint density at radius 1 is 1.19 bits per heavy atom. The minimum atomic E-state index is -0.193. The molecule has 26 heavy (non-hydrogen) atoms. The Balaban J connectivity index is 1.95. The van der Waals surface area contributed by atoms with Crippen molar-refractivity contribution in [1.82, 2.24) is 15.6 Å². The number of pyridine rings is 1. The van der Waals surface area contributed by atoms with Crippen molar-refractivity contribution in [2.24, 2.45) is 4.99 Å². The third kappa shape index (κ3) is 6.02. The van der Waals surface area contributed by atoms with E-state index in [0.29, 0.717) is 6.54 Å². The minimum absolute atomic E-state index is 0.193. The lowest BCUT2D eigenvalue weighted by Gasteiger charge is -2.13. The molecule has 0 spiro atoms. The number of benzene rings is 1. The number of aliphatic imine (C=N–C) groups is 1. The number of aryl methyl sites for hydroxylation is 1. The van der Waals surface area contributed by atoms with Crippen LogP contribution in [0.1, 0.15) is 23.7 Å². The van der Waals surface area contributed by atoms with E-state index < -0.39 is 0 Å². The highest BCUT2D eigenvalue weighted by Gasteiger charge is 2.03.